The van der Waals surface area contributed by atoms with Gasteiger partial charge in [0, 0.05) is 36.4 Å². The van der Waals surface area contributed by atoms with Crippen LogP contribution in [0.5, 0.6) is 5.75 Å². The number of rotatable bonds is 4. The fraction of sp³-hybridized carbons (Fsp3) is 0.304. The molecule has 2 aromatic heterocycles. The molecule has 3 aromatic rings. The van der Waals surface area contributed by atoms with Crippen molar-refractivity contribution in [1.29, 1.82) is 0 Å². The number of nitrogens with zero attached hydrogens (tertiary/aromatic N) is 6. The van der Waals surface area contributed by atoms with Gasteiger partial charge in [0.1, 0.15) is 17.3 Å². The molecule has 3 N–H and O–H groups in total. The highest BCUT2D eigenvalue weighted by Gasteiger charge is 2.26. The van der Waals surface area contributed by atoms with Gasteiger partial charge < -0.3 is 10.8 Å². The highest BCUT2D eigenvalue weighted by atomic mass is 19.1. The summed E-state index contributed by atoms with van der Waals surface area (Å²) in [6.45, 7) is 4.26. The van der Waals surface area contributed by atoms with Gasteiger partial charge in [0.25, 0.3) is 0 Å². The summed E-state index contributed by atoms with van der Waals surface area (Å²) in [6.07, 6.45) is 6.21. The molecule has 2 aliphatic rings. The maximum Gasteiger partial charge on any atom is 0.160 e. The van der Waals surface area contributed by atoms with Crippen molar-refractivity contribution in [2.24, 2.45) is 21.6 Å². The van der Waals surface area contributed by atoms with Crippen molar-refractivity contribution in [2.75, 3.05) is 0 Å². The Hall–Kier alpha value is -3.75. The van der Waals surface area contributed by atoms with Gasteiger partial charge in [0.2, 0.25) is 0 Å². The van der Waals surface area contributed by atoms with Gasteiger partial charge in [0.05, 0.1) is 11.4 Å². The topological polar surface area (TPSA) is 107 Å². The van der Waals surface area contributed by atoms with Crippen LogP contribution in [-0.4, -0.2) is 36.7 Å². The van der Waals surface area contributed by atoms with Gasteiger partial charge in [-0.1, -0.05) is 0 Å². The second-order valence-corrected chi connectivity index (χ2v) is 8.27. The molecule has 0 radical (unpaired) electrons. The van der Waals surface area contributed by atoms with Crippen LogP contribution in [0.3, 0.4) is 0 Å². The molecule has 164 valence electrons. The van der Waals surface area contributed by atoms with E-state index in [1.54, 1.807) is 43.0 Å². The quantitative estimate of drug-likeness (QED) is 0.654. The molecule has 9 heteroatoms. The van der Waals surface area contributed by atoms with E-state index in [2.05, 4.69) is 10.1 Å². The molecule has 3 heterocycles. The molecule has 1 saturated carbocycles. The zero-order valence-electron chi connectivity index (χ0n) is 18.0. The molecule has 0 atom stereocenters. The first-order valence-corrected chi connectivity index (χ1v) is 10.6. The number of nitrogens with two attached hydrogens (primary N) is 1. The number of benzene rings is 1. The molecule has 1 aliphatic carbocycles. The van der Waals surface area contributed by atoms with E-state index in [1.807, 2.05) is 4.68 Å². The lowest BCUT2D eigenvalue weighted by Crippen LogP contribution is -2.12. The maximum atomic E-state index is 13.5. The summed E-state index contributed by atoms with van der Waals surface area (Å²) in [7, 11) is 0. The lowest BCUT2D eigenvalue weighted by molar-refractivity contribution is 0.466. The van der Waals surface area contributed by atoms with Crippen molar-refractivity contribution in [2.45, 2.75) is 39.7 Å². The molecule has 32 heavy (non-hydrogen) atoms. The highest BCUT2D eigenvalue weighted by molar-refractivity contribution is 5.98. The lowest BCUT2D eigenvalue weighted by atomic mass is 10.1. The summed E-state index contributed by atoms with van der Waals surface area (Å²) in [5.74, 6) is 1.82. The van der Waals surface area contributed by atoms with E-state index >= 15 is 0 Å². The molecule has 8 nitrogen and oxygen atoms in total. The Labute approximate surface area is 184 Å². The average molecular weight is 433 g/mol. The molecule has 0 saturated heterocycles. The zero-order valence-corrected chi connectivity index (χ0v) is 18.0. The smallest absolute Gasteiger partial charge is 0.160 e. The number of fused-ring (bicyclic) bond motifs is 1. The van der Waals surface area contributed by atoms with Crippen molar-refractivity contribution in [3.05, 3.63) is 53.1 Å². The number of hydrogen-bond donors (Lipinski definition) is 2. The van der Waals surface area contributed by atoms with E-state index in [1.165, 1.54) is 25.0 Å². The molecular weight excluding hydrogens is 409 g/mol. The fourth-order valence-electron chi connectivity index (χ4n) is 3.84. The van der Waals surface area contributed by atoms with Gasteiger partial charge in [-0.2, -0.15) is 10.2 Å². The first-order valence-electron chi connectivity index (χ1n) is 10.6. The molecular formula is C23H24FN7O. The molecule has 1 aliphatic heterocycles. The van der Waals surface area contributed by atoms with Gasteiger partial charge in [-0.15, -0.1) is 0 Å². The minimum absolute atomic E-state index is 0.124. The van der Waals surface area contributed by atoms with Crippen molar-refractivity contribution in [3.63, 3.8) is 0 Å². The third-order valence-electron chi connectivity index (χ3n) is 5.77. The first kappa shape index (κ1) is 20.2. The number of amidine groups is 1. The molecule has 0 amide bonds. The molecule has 1 aromatic carbocycles. The van der Waals surface area contributed by atoms with Gasteiger partial charge in [0.15, 0.2) is 17.4 Å². The van der Waals surface area contributed by atoms with Crippen LogP contribution in [0.4, 0.5) is 10.2 Å². The van der Waals surface area contributed by atoms with Crippen molar-refractivity contribution < 1.29 is 9.50 Å². The van der Waals surface area contributed by atoms with Crippen LogP contribution in [0.15, 0.2) is 40.3 Å². The van der Waals surface area contributed by atoms with E-state index in [0.29, 0.717) is 35.4 Å². The number of aromatic nitrogens is 4. The van der Waals surface area contributed by atoms with Crippen molar-refractivity contribution in [3.8, 4) is 17.0 Å². The van der Waals surface area contributed by atoms with Crippen LogP contribution in [0.1, 0.15) is 29.8 Å². The SMILES string of the molecule is Cc1nn(C2=CC(N)=Nc3c(c(-c4ccc(F)cc4)nn3CC3CC3)CC=N2)c(C)c1O. The van der Waals surface area contributed by atoms with E-state index < -0.39 is 0 Å². The van der Waals surface area contributed by atoms with Crippen LogP contribution in [-0.2, 0) is 13.0 Å². The van der Waals surface area contributed by atoms with E-state index in [4.69, 9.17) is 15.8 Å². The standard InChI is InChI=1S/C23H24FN7O/c1-13-22(32)14(2)31(28-13)20-11-19(25)27-23-18(9-10-26-20)21(16-5-7-17(24)8-6-16)29-30(23)12-15-3-4-15/h5-8,10-11,15,32H,3-4,9,12H2,1-2H3,(H2,25,27). The molecule has 0 unspecified atom stereocenters. The summed E-state index contributed by atoms with van der Waals surface area (Å²) >= 11 is 0. The summed E-state index contributed by atoms with van der Waals surface area (Å²) in [5.41, 5.74) is 9.83. The van der Waals surface area contributed by atoms with Gasteiger partial charge in [-0.05, 0) is 56.9 Å². The molecule has 0 spiro atoms. The third-order valence-corrected chi connectivity index (χ3v) is 5.77. The zero-order chi connectivity index (χ0) is 22.4. The number of aromatic hydroxyl groups is 1. The Kier molecular flexibility index (Phi) is 4.88. The van der Waals surface area contributed by atoms with E-state index in [-0.39, 0.29) is 17.4 Å². The van der Waals surface area contributed by atoms with Crippen LogP contribution in [0, 0.1) is 25.6 Å². The Bertz CT molecular complexity index is 1280. The largest absolute Gasteiger partial charge is 0.504 e. The summed E-state index contributed by atoms with van der Waals surface area (Å²) in [5, 5.41) is 19.4. The normalized spacial score (nSPS) is 16.1. The predicted molar refractivity (Wildman–Crippen MR) is 121 cm³/mol. The van der Waals surface area contributed by atoms with Crippen LogP contribution in [0.25, 0.3) is 17.1 Å². The number of aryl methyl sites for hydroxylation is 1. The predicted octanol–water partition coefficient (Wildman–Crippen LogP) is 3.73. The van der Waals surface area contributed by atoms with E-state index in [0.717, 1.165) is 23.4 Å². The average Bonchev–Trinajstić information content (AvgIpc) is 3.46. The maximum absolute atomic E-state index is 13.5. The lowest BCUT2D eigenvalue weighted by Gasteiger charge is -2.05. The van der Waals surface area contributed by atoms with Crippen molar-refractivity contribution in [1.82, 2.24) is 19.6 Å². The summed E-state index contributed by atoms with van der Waals surface area (Å²) in [4.78, 5) is 9.28. The minimum Gasteiger partial charge on any atom is -0.504 e. The Balaban J connectivity index is 1.62. The van der Waals surface area contributed by atoms with Gasteiger partial charge in [-0.3, -0.25) is 0 Å². The summed E-state index contributed by atoms with van der Waals surface area (Å²) in [6, 6.07) is 6.30. The van der Waals surface area contributed by atoms with Crippen LogP contribution in [0.2, 0.25) is 0 Å². The van der Waals surface area contributed by atoms with Gasteiger partial charge >= 0.3 is 0 Å². The number of hydrogen-bond acceptors (Lipinski definition) is 6. The highest BCUT2D eigenvalue weighted by Crippen LogP contribution is 2.36. The van der Waals surface area contributed by atoms with Crippen LogP contribution >= 0.6 is 0 Å². The summed E-state index contributed by atoms with van der Waals surface area (Å²) < 4.78 is 17.0. The van der Waals surface area contributed by atoms with E-state index in [9.17, 15) is 9.50 Å². The minimum atomic E-state index is -0.295. The van der Waals surface area contributed by atoms with Crippen molar-refractivity contribution >= 4 is 23.7 Å². The monoisotopic (exact) mass is 433 g/mol. The second kappa shape index (κ2) is 7.74. The fourth-order valence-corrected chi connectivity index (χ4v) is 3.84. The number of aliphatic imine (C=N–C) groups is 2. The Morgan fingerprint density at radius 3 is 2.56 bits per heavy atom. The number of halogens is 1. The van der Waals surface area contributed by atoms with Gasteiger partial charge in [-0.25, -0.2) is 23.7 Å². The second-order valence-electron chi connectivity index (χ2n) is 8.27. The van der Waals surface area contributed by atoms with Crippen LogP contribution < -0.4 is 5.73 Å². The Morgan fingerprint density at radius 2 is 1.91 bits per heavy atom. The third kappa shape index (κ3) is 3.70. The molecule has 1 fully saturated rings. The Morgan fingerprint density at radius 1 is 1.16 bits per heavy atom. The first-order chi connectivity index (χ1) is 15.4. The molecule has 5 rings (SSSR count). The molecule has 0 bridgehead atoms.